The van der Waals surface area contributed by atoms with Crippen molar-refractivity contribution in [2.45, 2.75) is 50.3 Å². The molecule has 0 radical (unpaired) electrons. The van der Waals surface area contributed by atoms with Gasteiger partial charge in [-0.15, -0.1) is 0 Å². The Morgan fingerprint density at radius 3 is 2.58 bits per heavy atom. The standard InChI is InChI=1S/C19H28N2O4S/c1-15-7-8-17(20-19(22)13-16-5-3-2-4-6-16)14-18(15)26(23,24)21-9-11-25-12-10-21/h7-8,14,16H,2-6,9-13H2,1H3,(H,20,22). The summed E-state index contributed by atoms with van der Waals surface area (Å²) in [6.45, 7) is 3.33. The van der Waals surface area contributed by atoms with E-state index in [-0.39, 0.29) is 10.8 Å². The third-order valence-electron chi connectivity index (χ3n) is 5.26. The first-order valence-electron chi connectivity index (χ1n) is 9.45. The van der Waals surface area contributed by atoms with E-state index in [2.05, 4.69) is 5.32 Å². The zero-order chi connectivity index (χ0) is 18.6. The summed E-state index contributed by atoms with van der Waals surface area (Å²) in [5, 5.41) is 2.89. The van der Waals surface area contributed by atoms with Crippen molar-refractivity contribution < 1.29 is 17.9 Å². The number of sulfonamides is 1. The molecule has 1 heterocycles. The van der Waals surface area contributed by atoms with Crippen LogP contribution in [0.4, 0.5) is 5.69 Å². The minimum Gasteiger partial charge on any atom is -0.379 e. The van der Waals surface area contributed by atoms with Crippen LogP contribution in [-0.4, -0.2) is 44.9 Å². The molecule has 0 aromatic heterocycles. The Balaban J connectivity index is 1.71. The zero-order valence-electron chi connectivity index (χ0n) is 15.4. The maximum absolute atomic E-state index is 12.9. The van der Waals surface area contributed by atoms with Crippen LogP contribution in [0.3, 0.4) is 0 Å². The first-order chi connectivity index (χ1) is 12.5. The summed E-state index contributed by atoms with van der Waals surface area (Å²) >= 11 is 0. The Morgan fingerprint density at radius 1 is 1.19 bits per heavy atom. The van der Waals surface area contributed by atoms with Gasteiger partial charge in [0, 0.05) is 25.2 Å². The highest BCUT2D eigenvalue weighted by atomic mass is 32.2. The predicted octanol–water partition coefficient (Wildman–Crippen LogP) is 2.92. The third kappa shape index (κ3) is 4.64. The lowest BCUT2D eigenvalue weighted by atomic mass is 9.87. The zero-order valence-corrected chi connectivity index (χ0v) is 16.2. The number of hydrogen-bond acceptors (Lipinski definition) is 4. The van der Waals surface area contributed by atoms with Crippen LogP contribution < -0.4 is 5.32 Å². The highest BCUT2D eigenvalue weighted by Crippen LogP contribution is 2.28. The van der Waals surface area contributed by atoms with Crippen molar-refractivity contribution in [2.75, 3.05) is 31.6 Å². The Kier molecular flexibility index (Phi) is 6.32. The number of nitrogens with one attached hydrogen (secondary N) is 1. The van der Waals surface area contributed by atoms with Crippen LogP contribution in [0.15, 0.2) is 23.1 Å². The van der Waals surface area contributed by atoms with Crippen molar-refractivity contribution in [1.29, 1.82) is 0 Å². The summed E-state index contributed by atoms with van der Waals surface area (Å²) in [5.74, 6) is 0.418. The van der Waals surface area contributed by atoms with E-state index in [0.29, 0.717) is 49.9 Å². The minimum atomic E-state index is -3.58. The molecule has 2 fully saturated rings. The highest BCUT2D eigenvalue weighted by Gasteiger charge is 2.28. The van der Waals surface area contributed by atoms with E-state index in [9.17, 15) is 13.2 Å². The van der Waals surface area contributed by atoms with Crippen LogP contribution in [0.5, 0.6) is 0 Å². The van der Waals surface area contributed by atoms with Gasteiger partial charge >= 0.3 is 0 Å². The Bertz CT molecular complexity index is 736. The van der Waals surface area contributed by atoms with E-state index >= 15 is 0 Å². The van der Waals surface area contributed by atoms with Crippen molar-refractivity contribution in [3.8, 4) is 0 Å². The molecule has 0 unspecified atom stereocenters. The second kappa shape index (κ2) is 8.50. The number of hydrogen-bond donors (Lipinski definition) is 1. The molecule has 26 heavy (non-hydrogen) atoms. The number of benzene rings is 1. The fourth-order valence-corrected chi connectivity index (χ4v) is 5.41. The van der Waals surface area contributed by atoms with Crippen molar-refractivity contribution in [3.63, 3.8) is 0 Å². The molecule has 0 spiro atoms. The lowest BCUT2D eigenvalue weighted by Crippen LogP contribution is -2.40. The van der Waals surface area contributed by atoms with E-state index in [4.69, 9.17) is 4.74 Å². The molecule has 1 saturated carbocycles. The molecule has 1 aromatic rings. The van der Waals surface area contributed by atoms with Gasteiger partial charge in [0.15, 0.2) is 0 Å². The SMILES string of the molecule is Cc1ccc(NC(=O)CC2CCCCC2)cc1S(=O)(=O)N1CCOCC1. The molecule has 1 amide bonds. The van der Waals surface area contributed by atoms with E-state index in [1.807, 2.05) is 0 Å². The second-order valence-corrected chi connectivity index (χ2v) is 9.16. The number of rotatable bonds is 5. The van der Waals surface area contributed by atoms with Crippen LogP contribution in [-0.2, 0) is 19.6 Å². The van der Waals surface area contributed by atoms with Gasteiger partial charge in [0.25, 0.3) is 0 Å². The summed E-state index contributed by atoms with van der Waals surface area (Å²) in [4.78, 5) is 12.6. The van der Waals surface area contributed by atoms with Crippen LogP contribution in [0, 0.1) is 12.8 Å². The number of amides is 1. The lowest BCUT2D eigenvalue weighted by molar-refractivity contribution is -0.117. The summed E-state index contributed by atoms with van der Waals surface area (Å²) in [5.41, 5.74) is 1.23. The van der Waals surface area contributed by atoms with Gasteiger partial charge in [-0.1, -0.05) is 25.3 Å². The number of nitrogens with zero attached hydrogens (tertiary/aromatic N) is 1. The molecule has 0 atom stereocenters. The lowest BCUT2D eigenvalue weighted by Gasteiger charge is -2.27. The van der Waals surface area contributed by atoms with Crippen molar-refractivity contribution in [3.05, 3.63) is 23.8 Å². The fraction of sp³-hybridized carbons (Fsp3) is 0.632. The van der Waals surface area contributed by atoms with E-state index in [0.717, 1.165) is 12.8 Å². The van der Waals surface area contributed by atoms with Crippen LogP contribution in [0.2, 0.25) is 0 Å². The molecule has 1 aliphatic carbocycles. The molecule has 1 aliphatic heterocycles. The van der Waals surface area contributed by atoms with Gasteiger partial charge in [-0.3, -0.25) is 4.79 Å². The van der Waals surface area contributed by atoms with E-state index in [1.165, 1.54) is 23.6 Å². The highest BCUT2D eigenvalue weighted by molar-refractivity contribution is 7.89. The number of aryl methyl sites for hydroxylation is 1. The molecule has 7 heteroatoms. The molecule has 1 saturated heterocycles. The summed E-state index contributed by atoms with van der Waals surface area (Å²) < 4.78 is 32.5. The third-order valence-corrected chi connectivity index (χ3v) is 7.30. The monoisotopic (exact) mass is 380 g/mol. The average Bonchev–Trinajstić information content (AvgIpc) is 2.64. The number of morpholine rings is 1. The van der Waals surface area contributed by atoms with Crippen molar-refractivity contribution in [2.24, 2.45) is 5.92 Å². The number of carbonyl (C=O) groups excluding carboxylic acids is 1. The van der Waals surface area contributed by atoms with Crippen LogP contribution in [0.25, 0.3) is 0 Å². The number of anilines is 1. The molecule has 1 aromatic carbocycles. The minimum absolute atomic E-state index is 0.0320. The number of carbonyl (C=O) groups is 1. The van der Waals surface area contributed by atoms with Gasteiger partial charge < -0.3 is 10.1 Å². The molecular formula is C19H28N2O4S. The smallest absolute Gasteiger partial charge is 0.243 e. The molecular weight excluding hydrogens is 352 g/mol. The second-order valence-electron chi connectivity index (χ2n) is 7.25. The molecule has 0 bridgehead atoms. The van der Waals surface area contributed by atoms with Crippen LogP contribution >= 0.6 is 0 Å². The maximum Gasteiger partial charge on any atom is 0.243 e. The first-order valence-corrected chi connectivity index (χ1v) is 10.9. The molecule has 144 valence electrons. The fourth-order valence-electron chi connectivity index (χ4n) is 3.75. The first kappa shape index (κ1) is 19.3. The summed E-state index contributed by atoms with van der Waals surface area (Å²) in [6.07, 6.45) is 6.39. The van der Waals surface area contributed by atoms with Gasteiger partial charge in [-0.2, -0.15) is 4.31 Å². The molecule has 2 aliphatic rings. The van der Waals surface area contributed by atoms with E-state index < -0.39 is 10.0 Å². The van der Waals surface area contributed by atoms with Crippen molar-refractivity contribution in [1.82, 2.24) is 4.31 Å². The predicted molar refractivity (Wildman–Crippen MR) is 101 cm³/mol. The number of ether oxygens (including phenoxy) is 1. The molecule has 1 N–H and O–H groups in total. The normalized spacial score (nSPS) is 20.0. The summed E-state index contributed by atoms with van der Waals surface area (Å²) in [6, 6.07) is 5.11. The van der Waals surface area contributed by atoms with Gasteiger partial charge in [0.05, 0.1) is 18.1 Å². The largest absolute Gasteiger partial charge is 0.379 e. The van der Waals surface area contributed by atoms with Gasteiger partial charge in [0.2, 0.25) is 15.9 Å². The van der Waals surface area contributed by atoms with Crippen molar-refractivity contribution >= 4 is 21.6 Å². The maximum atomic E-state index is 12.9. The quantitative estimate of drug-likeness (QED) is 0.852. The topological polar surface area (TPSA) is 75.7 Å². The molecule has 6 nitrogen and oxygen atoms in total. The van der Waals surface area contributed by atoms with Crippen LogP contribution in [0.1, 0.15) is 44.1 Å². The average molecular weight is 381 g/mol. The Morgan fingerprint density at radius 2 is 1.88 bits per heavy atom. The van der Waals surface area contributed by atoms with E-state index in [1.54, 1.807) is 25.1 Å². The Hall–Kier alpha value is -1.44. The summed E-state index contributed by atoms with van der Waals surface area (Å²) in [7, 11) is -3.58. The molecule has 3 rings (SSSR count). The van der Waals surface area contributed by atoms with Gasteiger partial charge in [-0.05, 0) is 43.4 Å². The van der Waals surface area contributed by atoms with Gasteiger partial charge in [-0.25, -0.2) is 8.42 Å². The van der Waals surface area contributed by atoms with Gasteiger partial charge in [0.1, 0.15) is 0 Å². The Labute approximate surface area is 156 Å².